The van der Waals surface area contributed by atoms with Gasteiger partial charge in [-0.05, 0) is 12.1 Å². The Labute approximate surface area is 73.4 Å². The molecule has 4 N–H and O–H groups in total. The Bertz CT molecular complexity index is 351. The van der Waals surface area contributed by atoms with Crippen LogP contribution >= 0.6 is 0 Å². The third-order valence-electron chi connectivity index (χ3n) is 1.64. The average Bonchev–Trinajstić information content (AvgIpc) is 2.07. The smallest absolute Gasteiger partial charge is 0.318 e. The molecule has 0 amide bonds. The van der Waals surface area contributed by atoms with Crippen molar-refractivity contribution in [3.05, 3.63) is 27.8 Å². The number of nitrogens with two attached hydrogens (primary N) is 1. The second-order valence-corrected chi connectivity index (χ2v) is 2.42. The van der Waals surface area contributed by atoms with Crippen molar-refractivity contribution in [2.24, 2.45) is 0 Å². The van der Waals surface area contributed by atoms with Crippen molar-refractivity contribution in [3.8, 4) is 5.75 Å². The predicted molar refractivity (Wildman–Crippen MR) is 45.1 cm³/mol. The van der Waals surface area contributed by atoms with Gasteiger partial charge in [-0.2, -0.15) is 0 Å². The van der Waals surface area contributed by atoms with Crippen molar-refractivity contribution in [2.75, 3.05) is 5.73 Å². The van der Waals surface area contributed by atoms with E-state index in [2.05, 4.69) is 0 Å². The first kappa shape index (κ1) is 9.27. The maximum atomic E-state index is 10.4. The zero-order valence-corrected chi connectivity index (χ0v) is 6.60. The van der Waals surface area contributed by atoms with E-state index in [0.29, 0.717) is 0 Å². The molecule has 0 unspecified atom stereocenters. The lowest BCUT2D eigenvalue weighted by molar-refractivity contribution is -0.386. The zero-order chi connectivity index (χ0) is 10.0. The molecule has 0 aliphatic rings. The van der Waals surface area contributed by atoms with Crippen molar-refractivity contribution in [1.29, 1.82) is 0 Å². The van der Waals surface area contributed by atoms with Gasteiger partial charge < -0.3 is 15.9 Å². The third-order valence-corrected chi connectivity index (χ3v) is 1.64. The summed E-state index contributed by atoms with van der Waals surface area (Å²) in [6.45, 7) is -0.573. The Morgan fingerprint density at radius 2 is 2.15 bits per heavy atom. The molecule has 0 aromatic heterocycles. The molecule has 0 spiro atoms. The first-order valence-electron chi connectivity index (χ1n) is 3.43. The molecule has 1 rings (SSSR count). The monoisotopic (exact) mass is 184 g/mol. The fraction of sp³-hybridized carbons (Fsp3) is 0.143. The number of nitrogen functional groups attached to an aromatic ring is 1. The van der Waals surface area contributed by atoms with E-state index in [1.54, 1.807) is 0 Å². The van der Waals surface area contributed by atoms with Gasteiger partial charge in [0.25, 0.3) is 0 Å². The van der Waals surface area contributed by atoms with Gasteiger partial charge in [0.15, 0.2) is 5.75 Å². The van der Waals surface area contributed by atoms with E-state index in [9.17, 15) is 10.1 Å². The summed E-state index contributed by atoms with van der Waals surface area (Å²) in [7, 11) is 0. The maximum Gasteiger partial charge on any atom is 0.318 e. The summed E-state index contributed by atoms with van der Waals surface area (Å²) in [6.07, 6.45) is 0. The van der Waals surface area contributed by atoms with E-state index in [1.807, 2.05) is 0 Å². The Hall–Kier alpha value is -1.82. The minimum Gasteiger partial charge on any atom is -0.502 e. The number of nitro groups is 1. The Morgan fingerprint density at radius 1 is 1.54 bits per heavy atom. The number of anilines is 1. The average molecular weight is 184 g/mol. The highest BCUT2D eigenvalue weighted by atomic mass is 16.6. The van der Waals surface area contributed by atoms with E-state index in [1.165, 1.54) is 6.07 Å². The standard InChI is InChI=1S/C7H8N2O4/c8-5-1-2-6(11)7(9(12)13)4(5)3-10/h1-2,10-11H,3,8H2. The predicted octanol–water partition coefficient (Wildman–Crippen LogP) is 0.375. The number of hydrogen-bond donors (Lipinski definition) is 3. The largest absolute Gasteiger partial charge is 0.502 e. The fourth-order valence-electron chi connectivity index (χ4n) is 1.01. The summed E-state index contributed by atoms with van der Waals surface area (Å²) in [6, 6.07) is 2.42. The number of nitrogens with zero attached hydrogens (tertiary/aromatic N) is 1. The Morgan fingerprint density at radius 3 is 2.54 bits per heavy atom. The SMILES string of the molecule is Nc1ccc(O)c([N+](=O)[O-])c1CO. The Kier molecular flexibility index (Phi) is 2.34. The molecule has 6 heteroatoms. The lowest BCUT2D eigenvalue weighted by atomic mass is 10.1. The van der Waals surface area contributed by atoms with Gasteiger partial charge in [0.2, 0.25) is 0 Å². The van der Waals surface area contributed by atoms with Crippen LogP contribution in [-0.2, 0) is 6.61 Å². The number of aliphatic hydroxyl groups excluding tert-OH is 1. The maximum absolute atomic E-state index is 10.4. The molecule has 0 aliphatic carbocycles. The van der Waals surface area contributed by atoms with Crippen LogP contribution in [0.25, 0.3) is 0 Å². The van der Waals surface area contributed by atoms with Crippen LogP contribution < -0.4 is 5.73 Å². The molecule has 0 heterocycles. The fourth-order valence-corrected chi connectivity index (χ4v) is 1.01. The number of rotatable bonds is 2. The first-order valence-corrected chi connectivity index (χ1v) is 3.43. The molecule has 1 aromatic rings. The quantitative estimate of drug-likeness (QED) is 0.266. The lowest BCUT2D eigenvalue weighted by Crippen LogP contribution is -2.00. The highest BCUT2D eigenvalue weighted by Gasteiger charge is 2.20. The van der Waals surface area contributed by atoms with Crippen LogP contribution in [0.5, 0.6) is 5.75 Å². The molecule has 0 bridgehead atoms. The molecule has 0 saturated carbocycles. The minimum absolute atomic E-state index is 0.0648. The summed E-state index contributed by atoms with van der Waals surface area (Å²) in [5, 5.41) is 28.3. The van der Waals surface area contributed by atoms with Crippen LogP contribution in [0.15, 0.2) is 12.1 Å². The molecule has 0 fully saturated rings. The van der Waals surface area contributed by atoms with E-state index in [-0.39, 0.29) is 11.3 Å². The van der Waals surface area contributed by atoms with Crippen molar-refractivity contribution in [2.45, 2.75) is 6.61 Å². The highest BCUT2D eigenvalue weighted by molar-refractivity contribution is 5.63. The van der Waals surface area contributed by atoms with Crippen molar-refractivity contribution < 1.29 is 15.1 Å². The van der Waals surface area contributed by atoms with E-state index in [4.69, 9.17) is 15.9 Å². The van der Waals surface area contributed by atoms with Gasteiger partial charge in [0.05, 0.1) is 17.1 Å². The van der Waals surface area contributed by atoms with E-state index in [0.717, 1.165) is 6.07 Å². The number of phenols is 1. The number of phenolic OH excluding ortho intramolecular Hbond substituents is 1. The van der Waals surface area contributed by atoms with Crippen LogP contribution in [0.4, 0.5) is 11.4 Å². The number of aliphatic hydroxyl groups is 1. The molecule has 13 heavy (non-hydrogen) atoms. The number of nitro benzene ring substituents is 1. The summed E-state index contributed by atoms with van der Waals surface area (Å²) in [5.74, 6) is -0.497. The van der Waals surface area contributed by atoms with E-state index >= 15 is 0 Å². The van der Waals surface area contributed by atoms with Crippen molar-refractivity contribution >= 4 is 11.4 Å². The summed E-state index contributed by atoms with van der Waals surface area (Å²) in [4.78, 5) is 9.65. The molecular formula is C7H8N2O4. The second-order valence-electron chi connectivity index (χ2n) is 2.42. The van der Waals surface area contributed by atoms with Crippen LogP contribution in [0, 0.1) is 10.1 Å². The number of aromatic hydroxyl groups is 1. The van der Waals surface area contributed by atoms with Gasteiger partial charge in [-0.25, -0.2) is 0 Å². The van der Waals surface area contributed by atoms with Crippen molar-refractivity contribution in [1.82, 2.24) is 0 Å². The van der Waals surface area contributed by atoms with Crippen LogP contribution in [0.1, 0.15) is 5.56 Å². The Balaban J connectivity index is 3.43. The molecule has 70 valence electrons. The molecule has 0 radical (unpaired) electrons. The summed E-state index contributed by atoms with van der Waals surface area (Å²) in [5.41, 5.74) is 4.85. The van der Waals surface area contributed by atoms with Crippen LogP contribution in [0.2, 0.25) is 0 Å². The van der Waals surface area contributed by atoms with Crippen LogP contribution in [0.3, 0.4) is 0 Å². The molecule has 0 atom stereocenters. The van der Waals surface area contributed by atoms with Gasteiger partial charge in [0.1, 0.15) is 0 Å². The van der Waals surface area contributed by atoms with Gasteiger partial charge in [-0.15, -0.1) is 0 Å². The first-order chi connectivity index (χ1) is 6.07. The van der Waals surface area contributed by atoms with Gasteiger partial charge in [-0.1, -0.05) is 0 Å². The van der Waals surface area contributed by atoms with E-state index < -0.39 is 23.0 Å². The highest BCUT2D eigenvalue weighted by Crippen LogP contribution is 2.33. The normalized spacial score (nSPS) is 9.92. The van der Waals surface area contributed by atoms with Gasteiger partial charge in [0, 0.05) is 5.69 Å². The molecule has 0 saturated heterocycles. The molecule has 0 aliphatic heterocycles. The number of benzene rings is 1. The minimum atomic E-state index is -0.781. The summed E-state index contributed by atoms with van der Waals surface area (Å²) < 4.78 is 0. The topological polar surface area (TPSA) is 110 Å². The second kappa shape index (κ2) is 3.28. The number of hydrogen-bond acceptors (Lipinski definition) is 5. The third kappa shape index (κ3) is 1.52. The van der Waals surface area contributed by atoms with Gasteiger partial charge in [-0.3, -0.25) is 10.1 Å². The summed E-state index contributed by atoms with van der Waals surface area (Å²) >= 11 is 0. The molecule has 6 nitrogen and oxygen atoms in total. The molecular weight excluding hydrogens is 176 g/mol. The zero-order valence-electron chi connectivity index (χ0n) is 6.60. The van der Waals surface area contributed by atoms with Crippen LogP contribution in [-0.4, -0.2) is 15.1 Å². The van der Waals surface area contributed by atoms with Gasteiger partial charge >= 0.3 is 5.69 Å². The lowest BCUT2D eigenvalue weighted by Gasteiger charge is -2.04. The molecule has 1 aromatic carbocycles. The van der Waals surface area contributed by atoms with Crippen molar-refractivity contribution in [3.63, 3.8) is 0 Å².